The van der Waals surface area contributed by atoms with Gasteiger partial charge in [-0.15, -0.1) is 0 Å². The SMILES string of the molecule is O=Cc1ccc(OC(O)(O)O)cc1. The molecule has 0 aliphatic heterocycles. The number of hydrogen-bond donors (Lipinski definition) is 3. The molecule has 0 fully saturated rings. The minimum Gasteiger partial charge on any atom is -0.417 e. The highest BCUT2D eigenvalue weighted by Gasteiger charge is 2.20. The third-order valence-corrected chi connectivity index (χ3v) is 1.27. The van der Waals surface area contributed by atoms with Crippen molar-refractivity contribution in [2.75, 3.05) is 0 Å². The molecule has 0 spiro atoms. The zero-order valence-electron chi connectivity index (χ0n) is 6.54. The summed E-state index contributed by atoms with van der Waals surface area (Å²) < 4.78 is 4.25. The van der Waals surface area contributed by atoms with Crippen molar-refractivity contribution in [1.82, 2.24) is 0 Å². The first-order valence-corrected chi connectivity index (χ1v) is 3.42. The molecule has 0 amide bonds. The molecule has 0 radical (unpaired) electrons. The minimum atomic E-state index is -3.19. The molecule has 0 saturated carbocycles. The topological polar surface area (TPSA) is 87.0 Å². The number of aliphatic hydroxyl groups is 3. The van der Waals surface area contributed by atoms with E-state index in [0.717, 1.165) is 0 Å². The first-order chi connectivity index (χ1) is 6.01. The van der Waals surface area contributed by atoms with Crippen molar-refractivity contribution in [3.05, 3.63) is 29.8 Å². The molecule has 70 valence electrons. The lowest BCUT2D eigenvalue weighted by Gasteiger charge is -2.14. The largest absolute Gasteiger partial charge is 0.453 e. The average molecular weight is 184 g/mol. The Hall–Kier alpha value is -1.43. The highest BCUT2D eigenvalue weighted by molar-refractivity contribution is 5.74. The van der Waals surface area contributed by atoms with Crippen LogP contribution in [0.4, 0.5) is 0 Å². The number of hydrogen-bond acceptors (Lipinski definition) is 5. The average Bonchev–Trinajstić information content (AvgIpc) is 2.03. The monoisotopic (exact) mass is 184 g/mol. The third kappa shape index (κ3) is 3.20. The van der Waals surface area contributed by atoms with Crippen LogP contribution < -0.4 is 4.74 Å². The van der Waals surface area contributed by atoms with Crippen LogP contribution in [0.25, 0.3) is 0 Å². The van der Waals surface area contributed by atoms with Gasteiger partial charge in [0, 0.05) is 5.56 Å². The van der Waals surface area contributed by atoms with Gasteiger partial charge in [0.05, 0.1) is 0 Å². The first-order valence-electron chi connectivity index (χ1n) is 3.42. The molecule has 1 aromatic rings. The van der Waals surface area contributed by atoms with E-state index in [9.17, 15) is 4.79 Å². The van der Waals surface area contributed by atoms with Crippen molar-refractivity contribution in [2.24, 2.45) is 0 Å². The number of carbonyl (C=O) groups is 1. The summed E-state index contributed by atoms with van der Waals surface area (Å²) in [6.07, 6.45) is -2.56. The van der Waals surface area contributed by atoms with Gasteiger partial charge in [-0.25, -0.2) is 0 Å². The quantitative estimate of drug-likeness (QED) is 0.434. The van der Waals surface area contributed by atoms with Gasteiger partial charge in [0.15, 0.2) is 0 Å². The maximum atomic E-state index is 10.2. The van der Waals surface area contributed by atoms with Crippen molar-refractivity contribution in [3.8, 4) is 5.75 Å². The molecule has 1 aromatic carbocycles. The summed E-state index contributed by atoms with van der Waals surface area (Å²) in [6.45, 7) is 0. The van der Waals surface area contributed by atoms with Gasteiger partial charge in [-0.2, -0.15) is 0 Å². The molecule has 0 heterocycles. The van der Waals surface area contributed by atoms with E-state index in [2.05, 4.69) is 4.74 Å². The predicted octanol–water partition coefficient (Wildman–Crippen LogP) is -0.534. The summed E-state index contributed by atoms with van der Waals surface area (Å²) in [5.74, 6) is 0.0399. The van der Waals surface area contributed by atoms with Gasteiger partial charge < -0.3 is 20.1 Å². The van der Waals surface area contributed by atoms with E-state index >= 15 is 0 Å². The molecule has 0 saturated heterocycles. The van der Waals surface area contributed by atoms with E-state index < -0.39 is 6.16 Å². The number of aldehydes is 1. The minimum absolute atomic E-state index is 0.0399. The lowest BCUT2D eigenvalue weighted by molar-refractivity contribution is -0.419. The maximum Gasteiger partial charge on any atom is 0.453 e. The second-order valence-corrected chi connectivity index (χ2v) is 2.36. The highest BCUT2D eigenvalue weighted by atomic mass is 16.9. The van der Waals surface area contributed by atoms with E-state index in [0.29, 0.717) is 11.8 Å². The van der Waals surface area contributed by atoms with Crippen LogP contribution in [0.3, 0.4) is 0 Å². The van der Waals surface area contributed by atoms with Crippen LogP contribution in [-0.2, 0) is 0 Å². The van der Waals surface area contributed by atoms with E-state index in [1.165, 1.54) is 24.3 Å². The Morgan fingerprint density at radius 2 is 1.69 bits per heavy atom. The van der Waals surface area contributed by atoms with Crippen LogP contribution >= 0.6 is 0 Å². The van der Waals surface area contributed by atoms with Crippen LogP contribution in [0, 0.1) is 0 Å². The maximum absolute atomic E-state index is 10.2. The van der Waals surface area contributed by atoms with Crippen molar-refractivity contribution in [1.29, 1.82) is 0 Å². The molecule has 1 rings (SSSR count). The lowest BCUT2D eigenvalue weighted by Crippen LogP contribution is -2.34. The highest BCUT2D eigenvalue weighted by Crippen LogP contribution is 2.14. The lowest BCUT2D eigenvalue weighted by atomic mass is 10.2. The Morgan fingerprint density at radius 3 is 2.08 bits per heavy atom. The molecule has 0 aliphatic rings. The number of rotatable bonds is 3. The fourth-order valence-electron chi connectivity index (χ4n) is 0.773. The van der Waals surface area contributed by atoms with Gasteiger partial charge in [-0.3, -0.25) is 4.79 Å². The van der Waals surface area contributed by atoms with Crippen molar-refractivity contribution >= 4 is 6.29 Å². The van der Waals surface area contributed by atoms with Crippen molar-refractivity contribution < 1.29 is 24.9 Å². The van der Waals surface area contributed by atoms with Crippen molar-refractivity contribution in [2.45, 2.75) is 6.16 Å². The summed E-state index contributed by atoms with van der Waals surface area (Å²) in [4.78, 5) is 10.2. The molecule has 0 atom stereocenters. The van der Waals surface area contributed by atoms with Crippen LogP contribution in [0.1, 0.15) is 10.4 Å². The van der Waals surface area contributed by atoms with Crippen LogP contribution in [-0.4, -0.2) is 27.8 Å². The van der Waals surface area contributed by atoms with Crippen LogP contribution in [0.15, 0.2) is 24.3 Å². The molecule has 0 bridgehead atoms. The number of carbonyl (C=O) groups excluding carboxylic acids is 1. The summed E-state index contributed by atoms with van der Waals surface area (Å²) in [5.41, 5.74) is 0.423. The van der Waals surface area contributed by atoms with Crippen molar-refractivity contribution in [3.63, 3.8) is 0 Å². The van der Waals surface area contributed by atoms with E-state index in [4.69, 9.17) is 15.3 Å². The molecular weight excluding hydrogens is 176 g/mol. The Labute approximate surface area is 73.8 Å². The summed E-state index contributed by atoms with van der Waals surface area (Å²) in [5, 5.41) is 25.3. The number of benzene rings is 1. The Balaban J connectivity index is 2.75. The normalized spacial score (nSPS) is 11.0. The van der Waals surface area contributed by atoms with Gasteiger partial charge in [-0.05, 0) is 24.3 Å². The summed E-state index contributed by atoms with van der Waals surface area (Å²) >= 11 is 0. The van der Waals surface area contributed by atoms with E-state index in [-0.39, 0.29) is 5.75 Å². The number of ether oxygens (including phenoxy) is 1. The zero-order chi connectivity index (χ0) is 9.90. The Morgan fingerprint density at radius 1 is 1.15 bits per heavy atom. The Bertz CT molecular complexity index is 284. The van der Waals surface area contributed by atoms with Gasteiger partial charge in [-0.1, -0.05) is 0 Å². The smallest absolute Gasteiger partial charge is 0.417 e. The summed E-state index contributed by atoms with van der Waals surface area (Å²) in [7, 11) is 0. The van der Waals surface area contributed by atoms with E-state index in [1.54, 1.807) is 0 Å². The van der Waals surface area contributed by atoms with Gasteiger partial charge in [0.2, 0.25) is 0 Å². The predicted molar refractivity (Wildman–Crippen MR) is 41.8 cm³/mol. The summed E-state index contributed by atoms with van der Waals surface area (Å²) in [6, 6.07) is 5.46. The molecule has 0 unspecified atom stereocenters. The molecule has 13 heavy (non-hydrogen) atoms. The van der Waals surface area contributed by atoms with Crippen LogP contribution in [0.5, 0.6) is 5.75 Å². The van der Waals surface area contributed by atoms with Crippen LogP contribution in [0.2, 0.25) is 0 Å². The Kier molecular flexibility index (Phi) is 2.62. The molecule has 5 heteroatoms. The molecule has 5 nitrogen and oxygen atoms in total. The van der Waals surface area contributed by atoms with Gasteiger partial charge in [0.1, 0.15) is 12.0 Å². The molecular formula is C8H8O5. The molecule has 0 aliphatic carbocycles. The van der Waals surface area contributed by atoms with Gasteiger partial charge in [0.25, 0.3) is 0 Å². The second-order valence-electron chi connectivity index (χ2n) is 2.36. The standard InChI is InChI=1S/C8H8O5/c9-5-6-1-3-7(4-2-6)13-8(10,11)12/h1-5,10-12H. The van der Waals surface area contributed by atoms with E-state index in [1.807, 2.05) is 0 Å². The second kappa shape index (κ2) is 3.53. The van der Waals surface area contributed by atoms with Gasteiger partial charge >= 0.3 is 6.16 Å². The third-order valence-electron chi connectivity index (χ3n) is 1.27. The zero-order valence-corrected chi connectivity index (χ0v) is 6.54. The molecule has 3 N–H and O–H groups in total. The fourth-order valence-corrected chi connectivity index (χ4v) is 0.773. The molecule has 0 aromatic heterocycles. The fraction of sp³-hybridized carbons (Fsp3) is 0.125. The first kappa shape index (κ1) is 9.66.